The van der Waals surface area contributed by atoms with Gasteiger partial charge < -0.3 is 14.0 Å². The third-order valence-corrected chi connectivity index (χ3v) is 8.40. The third kappa shape index (κ3) is 7.22. The molecule has 0 unspecified atom stereocenters. The van der Waals surface area contributed by atoms with Crippen LogP contribution in [0.5, 0.6) is 17.2 Å². The molecule has 13 heteroatoms. The summed E-state index contributed by atoms with van der Waals surface area (Å²) < 4.78 is 13.9. The van der Waals surface area contributed by atoms with E-state index in [-0.39, 0.29) is 17.2 Å². The first-order valence-electron chi connectivity index (χ1n) is 15.0. The lowest BCUT2D eigenvalue weighted by atomic mass is 10.1. The SMILES string of the molecule is COc1cc(/C=N\NC(=O)c2ccc(-n3c(-c4ccccc4)ccc3-c3ccccc3)cc2)cc(I)c1Oc1ccc([N+](=O)[O-])cc1[N+](=O)[O-]. The van der Waals surface area contributed by atoms with Crippen LogP contribution in [0.4, 0.5) is 11.4 Å². The molecule has 0 spiro atoms. The number of nitrogens with one attached hydrogen (secondary N) is 1. The zero-order valence-electron chi connectivity index (χ0n) is 26.2. The smallest absolute Gasteiger partial charge is 0.318 e. The molecule has 0 atom stereocenters. The average Bonchev–Trinajstić information content (AvgIpc) is 3.58. The van der Waals surface area contributed by atoms with Crippen molar-refractivity contribution in [3.63, 3.8) is 0 Å². The number of nitrogens with zero attached hydrogens (tertiary/aromatic N) is 4. The lowest BCUT2D eigenvalue weighted by molar-refractivity contribution is -0.394. The molecule has 0 fully saturated rings. The van der Waals surface area contributed by atoms with E-state index >= 15 is 0 Å². The molecule has 0 bridgehead atoms. The second kappa shape index (κ2) is 14.8. The number of aromatic nitrogens is 1. The van der Waals surface area contributed by atoms with Crippen molar-refractivity contribution >= 4 is 46.1 Å². The quantitative estimate of drug-likeness (QED) is 0.0598. The second-order valence-electron chi connectivity index (χ2n) is 10.7. The minimum atomic E-state index is -0.761. The number of rotatable bonds is 11. The van der Waals surface area contributed by atoms with E-state index in [9.17, 15) is 25.0 Å². The Balaban J connectivity index is 1.20. The number of carbonyl (C=O) groups is 1. The van der Waals surface area contributed by atoms with Crippen molar-refractivity contribution < 1.29 is 24.1 Å². The maximum atomic E-state index is 13.0. The summed E-state index contributed by atoms with van der Waals surface area (Å²) in [5.74, 6) is -0.220. The van der Waals surface area contributed by atoms with E-state index < -0.39 is 27.1 Å². The molecule has 1 amide bonds. The van der Waals surface area contributed by atoms with E-state index in [0.717, 1.165) is 46.4 Å². The second-order valence-corrected chi connectivity index (χ2v) is 11.9. The predicted octanol–water partition coefficient (Wildman–Crippen LogP) is 8.80. The largest absolute Gasteiger partial charge is 0.493 e. The van der Waals surface area contributed by atoms with Gasteiger partial charge in [-0.2, -0.15) is 5.10 Å². The number of hydrogen-bond donors (Lipinski definition) is 1. The minimum Gasteiger partial charge on any atom is -0.493 e. The Morgan fingerprint density at radius 1 is 0.780 bits per heavy atom. The van der Waals surface area contributed by atoms with Gasteiger partial charge in [-0.25, -0.2) is 5.43 Å². The lowest BCUT2D eigenvalue weighted by Crippen LogP contribution is -2.17. The molecule has 0 saturated carbocycles. The Morgan fingerprint density at radius 3 is 1.96 bits per heavy atom. The Kier molecular flexibility index (Phi) is 9.95. The standard InChI is InChI=1S/C37H26IN5O7/c1-49-35-21-24(20-30(38)36(35)50-34-19-16-29(42(45)46)22-33(34)43(47)48)23-39-40-37(44)27-12-14-28(15-13-27)41-31(25-8-4-2-5-9-25)17-18-32(41)26-10-6-3-7-11-26/h2-23H,1H3,(H,40,44)/b39-23-. The van der Waals surface area contributed by atoms with E-state index in [0.29, 0.717) is 14.7 Å². The number of hydrogen-bond acceptors (Lipinski definition) is 8. The van der Waals surface area contributed by atoms with Crippen LogP contribution in [0.3, 0.4) is 0 Å². The van der Waals surface area contributed by atoms with Crippen LogP contribution in [0.15, 0.2) is 132 Å². The summed E-state index contributed by atoms with van der Waals surface area (Å²) in [6.45, 7) is 0. The van der Waals surface area contributed by atoms with Gasteiger partial charge in [0.1, 0.15) is 0 Å². The summed E-state index contributed by atoms with van der Waals surface area (Å²) >= 11 is 1.97. The average molecular weight is 780 g/mol. The number of carbonyl (C=O) groups excluding carboxylic acids is 1. The highest BCUT2D eigenvalue weighted by Crippen LogP contribution is 2.41. The highest BCUT2D eigenvalue weighted by molar-refractivity contribution is 14.1. The van der Waals surface area contributed by atoms with Crippen molar-refractivity contribution in [2.75, 3.05) is 7.11 Å². The van der Waals surface area contributed by atoms with Crippen LogP contribution in [0.2, 0.25) is 0 Å². The first-order chi connectivity index (χ1) is 24.2. The number of methoxy groups -OCH3 is 1. The third-order valence-electron chi connectivity index (χ3n) is 7.60. The minimum absolute atomic E-state index is 0.167. The molecule has 6 rings (SSSR count). The molecule has 0 aliphatic carbocycles. The number of halogens is 1. The van der Waals surface area contributed by atoms with E-state index in [1.807, 2.05) is 71.1 Å². The zero-order chi connectivity index (χ0) is 35.2. The zero-order valence-corrected chi connectivity index (χ0v) is 28.4. The van der Waals surface area contributed by atoms with Crippen LogP contribution in [0.1, 0.15) is 15.9 Å². The molecule has 0 aliphatic heterocycles. The molecule has 0 radical (unpaired) electrons. The summed E-state index contributed by atoms with van der Waals surface area (Å²) in [5.41, 5.74) is 7.51. The number of non-ortho nitro benzene ring substituents is 1. The maximum Gasteiger partial charge on any atom is 0.318 e. The van der Waals surface area contributed by atoms with E-state index in [2.05, 4.69) is 51.5 Å². The summed E-state index contributed by atoms with van der Waals surface area (Å²) in [7, 11) is 1.40. The van der Waals surface area contributed by atoms with Gasteiger partial charge in [-0.15, -0.1) is 0 Å². The monoisotopic (exact) mass is 779 g/mol. The first kappa shape index (κ1) is 33.5. The van der Waals surface area contributed by atoms with Crippen molar-refractivity contribution in [2.24, 2.45) is 5.10 Å². The summed E-state index contributed by atoms with van der Waals surface area (Å²) in [6, 6.07) is 37.9. The highest BCUT2D eigenvalue weighted by atomic mass is 127. The molecule has 1 heterocycles. The van der Waals surface area contributed by atoms with Gasteiger partial charge in [0, 0.05) is 17.3 Å². The number of nitro groups is 2. The summed E-state index contributed by atoms with van der Waals surface area (Å²) in [5, 5.41) is 26.8. The van der Waals surface area contributed by atoms with Crippen LogP contribution in [0.25, 0.3) is 28.2 Å². The van der Waals surface area contributed by atoms with Gasteiger partial charge in [-0.05, 0) is 93.9 Å². The molecule has 0 saturated heterocycles. The van der Waals surface area contributed by atoms with Crippen molar-refractivity contribution in [1.29, 1.82) is 0 Å². The highest BCUT2D eigenvalue weighted by Gasteiger charge is 2.23. The van der Waals surface area contributed by atoms with Gasteiger partial charge in [-0.1, -0.05) is 60.7 Å². The first-order valence-corrected chi connectivity index (χ1v) is 16.1. The van der Waals surface area contributed by atoms with Crippen molar-refractivity contribution in [3.8, 4) is 45.5 Å². The van der Waals surface area contributed by atoms with Gasteiger partial charge in [0.25, 0.3) is 11.6 Å². The van der Waals surface area contributed by atoms with Crippen molar-refractivity contribution in [1.82, 2.24) is 9.99 Å². The molecule has 12 nitrogen and oxygen atoms in total. The van der Waals surface area contributed by atoms with E-state index in [1.165, 1.54) is 13.3 Å². The number of benzene rings is 5. The van der Waals surface area contributed by atoms with Crippen molar-refractivity contribution in [3.05, 3.63) is 162 Å². The van der Waals surface area contributed by atoms with Gasteiger partial charge in [-0.3, -0.25) is 25.0 Å². The van der Waals surface area contributed by atoms with Gasteiger partial charge in [0.05, 0.1) is 44.2 Å². The number of ether oxygens (including phenoxy) is 2. The molecule has 6 aromatic rings. The van der Waals surface area contributed by atoms with E-state index in [1.54, 1.807) is 24.3 Å². The molecule has 5 aromatic carbocycles. The number of nitro benzene ring substituents is 2. The molecular weight excluding hydrogens is 753 g/mol. The predicted molar refractivity (Wildman–Crippen MR) is 197 cm³/mol. The van der Waals surface area contributed by atoms with Crippen LogP contribution in [0, 0.1) is 23.8 Å². The van der Waals surface area contributed by atoms with Gasteiger partial charge >= 0.3 is 5.69 Å². The Hall–Kier alpha value is -6.35. The summed E-state index contributed by atoms with van der Waals surface area (Å²) in [6.07, 6.45) is 1.42. The van der Waals surface area contributed by atoms with Crippen molar-refractivity contribution in [2.45, 2.75) is 0 Å². The Morgan fingerprint density at radius 2 is 1.40 bits per heavy atom. The van der Waals surface area contributed by atoms with Gasteiger partial charge in [0.15, 0.2) is 11.5 Å². The van der Waals surface area contributed by atoms with Gasteiger partial charge in [0.2, 0.25) is 5.75 Å². The normalized spacial score (nSPS) is 10.9. The molecular formula is C37H26IN5O7. The lowest BCUT2D eigenvalue weighted by Gasteiger charge is -2.15. The molecule has 50 heavy (non-hydrogen) atoms. The Bertz CT molecular complexity index is 2180. The van der Waals surface area contributed by atoms with Crippen LogP contribution in [-0.2, 0) is 0 Å². The molecule has 248 valence electrons. The number of hydrazone groups is 1. The molecule has 1 aromatic heterocycles. The van der Waals surface area contributed by atoms with Crippen LogP contribution < -0.4 is 14.9 Å². The fourth-order valence-corrected chi connectivity index (χ4v) is 5.98. The Labute approximate surface area is 299 Å². The molecule has 0 aliphatic rings. The van der Waals surface area contributed by atoms with Crippen LogP contribution in [-0.4, -0.2) is 33.6 Å². The number of amides is 1. The molecule has 1 N–H and O–H groups in total. The maximum absolute atomic E-state index is 13.0. The summed E-state index contributed by atoms with van der Waals surface area (Å²) in [4.78, 5) is 34.2. The van der Waals surface area contributed by atoms with Crippen LogP contribution >= 0.6 is 22.6 Å². The topological polar surface area (TPSA) is 151 Å². The van der Waals surface area contributed by atoms with E-state index in [4.69, 9.17) is 9.47 Å². The fourth-order valence-electron chi connectivity index (χ4n) is 5.25. The fraction of sp³-hybridized carbons (Fsp3) is 0.0270.